The number of carbonyl (C=O) groups excluding carboxylic acids is 2. The van der Waals surface area contributed by atoms with E-state index in [-0.39, 0.29) is 11.3 Å². The summed E-state index contributed by atoms with van der Waals surface area (Å²) >= 11 is 0. The summed E-state index contributed by atoms with van der Waals surface area (Å²) in [5.41, 5.74) is 2.37. The lowest BCUT2D eigenvalue weighted by molar-refractivity contribution is 0.0474. The highest BCUT2D eigenvalue weighted by atomic mass is 19.1. The van der Waals surface area contributed by atoms with Crippen LogP contribution in [-0.2, 0) is 4.74 Å². The Balaban J connectivity index is 1.62. The second-order valence-corrected chi connectivity index (χ2v) is 5.63. The lowest BCUT2D eigenvalue weighted by Gasteiger charge is -2.06. The number of carbonyl (C=O) groups is 2. The van der Waals surface area contributed by atoms with Crippen molar-refractivity contribution >= 4 is 11.8 Å². The Bertz CT molecular complexity index is 914. The van der Waals surface area contributed by atoms with Crippen molar-refractivity contribution < 1.29 is 23.8 Å². The standard InChI is InChI=1S/C21H15FO4/c22-18-9-5-16(6-10-18)20(24)13-26-21(25)17-3-1-14(2-4-17)15-7-11-19(23)12-8-15/h1-12,23H,13H2. The zero-order valence-electron chi connectivity index (χ0n) is 13.7. The Kier molecular flexibility index (Phi) is 5.08. The molecule has 0 saturated heterocycles. The number of esters is 1. The van der Waals surface area contributed by atoms with E-state index in [1.165, 1.54) is 24.3 Å². The molecule has 5 heteroatoms. The average Bonchev–Trinajstić information content (AvgIpc) is 2.67. The number of rotatable bonds is 5. The second kappa shape index (κ2) is 7.61. The Morgan fingerprint density at radius 3 is 1.85 bits per heavy atom. The largest absolute Gasteiger partial charge is 0.508 e. The van der Waals surface area contributed by atoms with Crippen molar-refractivity contribution in [2.75, 3.05) is 6.61 Å². The van der Waals surface area contributed by atoms with E-state index in [0.29, 0.717) is 5.56 Å². The Morgan fingerprint density at radius 2 is 1.27 bits per heavy atom. The van der Waals surface area contributed by atoms with E-state index in [1.807, 2.05) is 0 Å². The maximum atomic E-state index is 12.9. The van der Waals surface area contributed by atoms with Gasteiger partial charge in [0.25, 0.3) is 0 Å². The first-order chi connectivity index (χ1) is 12.5. The molecule has 0 saturated carbocycles. The Labute approximate surface area is 149 Å². The van der Waals surface area contributed by atoms with Crippen LogP contribution in [0.15, 0.2) is 72.8 Å². The van der Waals surface area contributed by atoms with Gasteiger partial charge >= 0.3 is 5.97 Å². The third-order valence-electron chi connectivity index (χ3n) is 3.82. The molecule has 0 radical (unpaired) electrons. The molecule has 26 heavy (non-hydrogen) atoms. The predicted molar refractivity (Wildman–Crippen MR) is 94.6 cm³/mol. The molecule has 0 aliphatic rings. The number of benzene rings is 3. The van der Waals surface area contributed by atoms with Crippen LogP contribution in [0.2, 0.25) is 0 Å². The van der Waals surface area contributed by atoms with Gasteiger partial charge in [-0.1, -0.05) is 24.3 Å². The van der Waals surface area contributed by atoms with Gasteiger partial charge in [-0.25, -0.2) is 9.18 Å². The molecule has 1 N–H and O–H groups in total. The number of hydrogen-bond acceptors (Lipinski definition) is 4. The van der Waals surface area contributed by atoms with Crippen molar-refractivity contribution in [1.29, 1.82) is 0 Å². The van der Waals surface area contributed by atoms with Crippen LogP contribution >= 0.6 is 0 Å². The fourth-order valence-corrected chi connectivity index (χ4v) is 2.39. The van der Waals surface area contributed by atoms with Gasteiger partial charge in [-0.05, 0) is 59.7 Å². The predicted octanol–water partition coefficient (Wildman–Crippen LogP) is 4.24. The van der Waals surface area contributed by atoms with Crippen LogP contribution in [0, 0.1) is 5.82 Å². The molecule has 0 bridgehead atoms. The third-order valence-corrected chi connectivity index (χ3v) is 3.82. The molecule has 0 atom stereocenters. The minimum atomic E-state index is -0.613. The van der Waals surface area contributed by atoms with Gasteiger partial charge in [-0.15, -0.1) is 0 Å². The minimum Gasteiger partial charge on any atom is -0.508 e. The van der Waals surface area contributed by atoms with Gasteiger partial charge in [-0.3, -0.25) is 4.79 Å². The maximum absolute atomic E-state index is 12.9. The molecule has 0 amide bonds. The molecule has 0 heterocycles. The van der Waals surface area contributed by atoms with E-state index in [9.17, 15) is 19.1 Å². The van der Waals surface area contributed by atoms with Gasteiger partial charge in [0.2, 0.25) is 0 Å². The van der Waals surface area contributed by atoms with E-state index < -0.39 is 24.2 Å². The summed E-state index contributed by atoms with van der Waals surface area (Å²) in [7, 11) is 0. The topological polar surface area (TPSA) is 63.6 Å². The summed E-state index contributed by atoms with van der Waals surface area (Å²) in [6.07, 6.45) is 0. The van der Waals surface area contributed by atoms with Crippen LogP contribution < -0.4 is 0 Å². The Morgan fingerprint density at radius 1 is 0.769 bits per heavy atom. The van der Waals surface area contributed by atoms with Crippen molar-refractivity contribution in [3.63, 3.8) is 0 Å². The highest BCUT2D eigenvalue weighted by Crippen LogP contribution is 2.22. The van der Waals surface area contributed by atoms with E-state index in [2.05, 4.69) is 0 Å². The van der Waals surface area contributed by atoms with Gasteiger partial charge in [0.1, 0.15) is 11.6 Å². The summed E-state index contributed by atoms with van der Waals surface area (Å²) in [4.78, 5) is 24.0. The van der Waals surface area contributed by atoms with Crippen LogP contribution in [0.1, 0.15) is 20.7 Å². The molecular formula is C21H15FO4. The van der Waals surface area contributed by atoms with Crippen LogP contribution in [0.5, 0.6) is 5.75 Å². The summed E-state index contributed by atoms with van der Waals surface area (Å²) < 4.78 is 17.9. The van der Waals surface area contributed by atoms with E-state index in [0.717, 1.165) is 11.1 Å². The fourth-order valence-electron chi connectivity index (χ4n) is 2.39. The number of ether oxygens (including phenoxy) is 1. The smallest absolute Gasteiger partial charge is 0.338 e. The monoisotopic (exact) mass is 350 g/mol. The average molecular weight is 350 g/mol. The quantitative estimate of drug-likeness (QED) is 0.552. The van der Waals surface area contributed by atoms with Crippen LogP contribution in [-0.4, -0.2) is 23.5 Å². The van der Waals surface area contributed by atoms with Gasteiger partial charge in [0.05, 0.1) is 5.56 Å². The summed E-state index contributed by atoms with van der Waals surface area (Å²) in [6, 6.07) is 18.5. The van der Waals surface area contributed by atoms with Crippen LogP contribution in [0.25, 0.3) is 11.1 Å². The molecule has 4 nitrogen and oxygen atoms in total. The zero-order valence-corrected chi connectivity index (χ0v) is 13.7. The van der Waals surface area contributed by atoms with Gasteiger partial charge in [0, 0.05) is 5.56 Å². The third kappa shape index (κ3) is 4.13. The van der Waals surface area contributed by atoms with Crippen molar-refractivity contribution in [3.8, 4) is 16.9 Å². The molecule has 0 aliphatic heterocycles. The number of aromatic hydroxyl groups is 1. The molecule has 0 fully saturated rings. The number of phenols is 1. The van der Waals surface area contributed by atoms with E-state index >= 15 is 0 Å². The molecular weight excluding hydrogens is 335 g/mol. The fraction of sp³-hybridized carbons (Fsp3) is 0.0476. The molecule has 3 aromatic rings. The van der Waals surface area contributed by atoms with Gasteiger partial charge < -0.3 is 9.84 Å². The second-order valence-electron chi connectivity index (χ2n) is 5.63. The van der Waals surface area contributed by atoms with E-state index in [4.69, 9.17) is 4.74 Å². The highest BCUT2D eigenvalue weighted by Gasteiger charge is 2.12. The van der Waals surface area contributed by atoms with Crippen molar-refractivity contribution in [2.24, 2.45) is 0 Å². The molecule has 0 aromatic heterocycles. The van der Waals surface area contributed by atoms with Crippen LogP contribution in [0.3, 0.4) is 0 Å². The summed E-state index contributed by atoms with van der Waals surface area (Å²) in [5.74, 6) is -1.27. The number of halogens is 1. The number of ketones is 1. The number of hydrogen-bond donors (Lipinski definition) is 1. The Hall–Kier alpha value is -3.47. The molecule has 130 valence electrons. The lowest BCUT2D eigenvalue weighted by atomic mass is 10.0. The molecule has 3 aromatic carbocycles. The first-order valence-electron chi connectivity index (χ1n) is 7.88. The summed E-state index contributed by atoms with van der Waals surface area (Å²) in [6.45, 7) is -0.413. The molecule has 3 rings (SSSR count). The SMILES string of the molecule is O=C(COC(=O)c1ccc(-c2ccc(O)cc2)cc1)c1ccc(F)cc1. The normalized spacial score (nSPS) is 10.3. The highest BCUT2D eigenvalue weighted by molar-refractivity contribution is 5.99. The number of Topliss-reactive ketones (excluding diaryl/α,β-unsaturated/α-hetero) is 1. The van der Waals surface area contributed by atoms with Crippen LogP contribution in [0.4, 0.5) is 4.39 Å². The van der Waals surface area contributed by atoms with Crippen molar-refractivity contribution in [1.82, 2.24) is 0 Å². The molecule has 0 spiro atoms. The molecule has 0 unspecified atom stereocenters. The van der Waals surface area contributed by atoms with Gasteiger partial charge in [-0.2, -0.15) is 0 Å². The maximum Gasteiger partial charge on any atom is 0.338 e. The number of phenolic OH excluding ortho intramolecular Hbond substituents is 1. The first-order valence-corrected chi connectivity index (χ1v) is 7.88. The zero-order chi connectivity index (χ0) is 18.5. The van der Waals surface area contributed by atoms with Gasteiger partial charge in [0.15, 0.2) is 12.4 Å². The minimum absolute atomic E-state index is 0.180. The van der Waals surface area contributed by atoms with E-state index in [1.54, 1.807) is 48.5 Å². The first kappa shape index (κ1) is 17.4. The molecule has 0 aliphatic carbocycles. The van der Waals surface area contributed by atoms with Crippen molar-refractivity contribution in [3.05, 3.63) is 89.7 Å². The van der Waals surface area contributed by atoms with Crippen molar-refractivity contribution in [2.45, 2.75) is 0 Å². The lowest BCUT2D eigenvalue weighted by Crippen LogP contribution is -2.14. The summed E-state index contributed by atoms with van der Waals surface area (Å²) in [5, 5.41) is 9.31.